The van der Waals surface area contributed by atoms with E-state index in [4.69, 9.17) is 4.74 Å². The number of aromatic nitrogens is 2. The van der Waals surface area contributed by atoms with Crippen molar-refractivity contribution >= 4 is 23.2 Å². The molecule has 1 atom stereocenters. The monoisotopic (exact) mass is 466 g/mol. The van der Waals surface area contributed by atoms with Gasteiger partial charge in [0.2, 0.25) is 5.82 Å². The fraction of sp³-hybridized carbons (Fsp3) is 0.300. The van der Waals surface area contributed by atoms with Gasteiger partial charge in [-0.3, -0.25) is 9.59 Å². The Morgan fingerprint density at radius 2 is 2.03 bits per heavy atom. The maximum absolute atomic E-state index is 12.8. The van der Waals surface area contributed by atoms with Crippen molar-refractivity contribution in [3.8, 4) is 11.4 Å². The number of nitrogens with zero attached hydrogens (tertiary/aromatic N) is 3. The molecule has 0 saturated carbocycles. The van der Waals surface area contributed by atoms with Gasteiger partial charge >= 0.3 is 12.1 Å². The first-order valence-electron chi connectivity index (χ1n) is 9.54. The van der Waals surface area contributed by atoms with Crippen LogP contribution in [-0.4, -0.2) is 59.2 Å². The number of benzene rings is 1. The summed E-state index contributed by atoms with van der Waals surface area (Å²) in [6, 6.07) is 9.86. The molecule has 1 N–H and O–H groups in total. The van der Waals surface area contributed by atoms with Gasteiger partial charge in [0, 0.05) is 29.6 Å². The molecule has 0 bridgehead atoms. The summed E-state index contributed by atoms with van der Waals surface area (Å²) >= 11 is 1.03. The lowest BCUT2D eigenvalue weighted by Crippen LogP contribution is -2.53. The van der Waals surface area contributed by atoms with E-state index in [2.05, 4.69) is 20.0 Å². The number of halogens is 3. The average molecular weight is 466 g/mol. The zero-order chi connectivity index (χ0) is 22.7. The minimum Gasteiger partial charge on any atom is -0.377 e. The van der Waals surface area contributed by atoms with Crippen LogP contribution in [0.1, 0.15) is 25.9 Å². The smallest absolute Gasteiger partial charge is 0.377 e. The zero-order valence-corrected chi connectivity index (χ0v) is 17.3. The molecule has 3 heterocycles. The quantitative estimate of drug-likeness (QED) is 0.621. The lowest BCUT2D eigenvalue weighted by molar-refractivity contribution is -0.159. The van der Waals surface area contributed by atoms with Gasteiger partial charge in [-0.2, -0.15) is 18.2 Å². The van der Waals surface area contributed by atoms with Gasteiger partial charge in [0.1, 0.15) is 0 Å². The maximum Gasteiger partial charge on any atom is 0.471 e. The topological polar surface area (TPSA) is 97.6 Å². The highest BCUT2D eigenvalue weighted by atomic mass is 32.1. The third-order valence-electron chi connectivity index (χ3n) is 4.76. The number of ether oxygens (including phenoxy) is 1. The molecule has 1 saturated heterocycles. The number of thiophene rings is 1. The highest BCUT2D eigenvalue weighted by Crippen LogP contribution is 2.30. The van der Waals surface area contributed by atoms with Gasteiger partial charge in [-0.25, -0.2) is 0 Å². The number of carbonyl (C=O) groups excluding carboxylic acids is 2. The van der Waals surface area contributed by atoms with E-state index < -0.39 is 18.0 Å². The molecule has 1 fully saturated rings. The van der Waals surface area contributed by atoms with Crippen molar-refractivity contribution in [3.05, 3.63) is 58.1 Å². The van der Waals surface area contributed by atoms with E-state index in [-0.39, 0.29) is 41.4 Å². The summed E-state index contributed by atoms with van der Waals surface area (Å²) in [4.78, 5) is 30.6. The fourth-order valence-electron chi connectivity index (χ4n) is 3.16. The predicted molar refractivity (Wildman–Crippen MR) is 107 cm³/mol. The molecule has 4 rings (SSSR count). The third-order valence-corrected chi connectivity index (χ3v) is 5.69. The van der Waals surface area contributed by atoms with Gasteiger partial charge in [0.15, 0.2) is 0 Å². The summed E-state index contributed by atoms with van der Waals surface area (Å²) in [5.74, 6) is -2.29. The van der Waals surface area contributed by atoms with Gasteiger partial charge in [-0.15, -0.1) is 11.3 Å². The standard InChI is InChI=1S/C20H17F3N4O4S/c21-20(22,23)19-25-16(26-31-19)13-8-15(32-11-13)17(28)24-9-14-10-30-7-6-27(14)18(29)12-4-2-1-3-5-12/h1-5,8,11,14H,6-7,9-10H2,(H,24,28). The summed E-state index contributed by atoms with van der Waals surface area (Å²) in [5.41, 5.74) is 0.785. The van der Waals surface area contributed by atoms with E-state index in [1.807, 2.05) is 6.07 Å². The van der Waals surface area contributed by atoms with Crippen molar-refractivity contribution in [2.45, 2.75) is 12.2 Å². The van der Waals surface area contributed by atoms with Crippen LogP contribution in [0.4, 0.5) is 13.2 Å². The van der Waals surface area contributed by atoms with E-state index in [1.165, 1.54) is 11.4 Å². The zero-order valence-electron chi connectivity index (χ0n) is 16.5. The van der Waals surface area contributed by atoms with Crippen LogP contribution in [0.15, 0.2) is 46.3 Å². The second-order valence-corrected chi connectivity index (χ2v) is 7.84. The fourth-order valence-corrected chi connectivity index (χ4v) is 3.97. The van der Waals surface area contributed by atoms with Crippen molar-refractivity contribution in [3.63, 3.8) is 0 Å². The van der Waals surface area contributed by atoms with Gasteiger partial charge in [0.25, 0.3) is 11.8 Å². The average Bonchev–Trinajstić information content (AvgIpc) is 3.47. The molecule has 0 radical (unpaired) electrons. The van der Waals surface area contributed by atoms with Crippen LogP contribution in [0.5, 0.6) is 0 Å². The van der Waals surface area contributed by atoms with Crippen LogP contribution in [0.3, 0.4) is 0 Å². The number of nitrogens with one attached hydrogen (secondary N) is 1. The molecule has 2 aromatic heterocycles. The van der Waals surface area contributed by atoms with Crippen LogP contribution >= 0.6 is 11.3 Å². The Labute approximate surface area is 184 Å². The Hall–Kier alpha value is -3.25. The van der Waals surface area contributed by atoms with Gasteiger partial charge < -0.3 is 19.5 Å². The van der Waals surface area contributed by atoms with Crippen LogP contribution in [0, 0.1) is 0 Å². The Morgan fingerprint density at radius 3 is 2.75 bits per heavy atom. The molecule has 3 aromatic rings. The lowest BCUT2D eigenvalue weighted by atomic mass is 10.1. The van der Waals surface area contributed by atoms with Crippen LogP contribution < -0.4 is 5.32 Å². The number of rotatable bonds is 5. The minimum absolute atomic E-state index is 0.149. The number of morpholine rings is 1. The Bertz CT molecular complexity index is 1100. The summed E-state index contributed by atoms with van der Waals surface area (Å²) < 4.78 is 47.6. The van der Waals surface area contributed by atoms with E-state index >= 15 is 0 Å². The number of amides is 2. The van der Waals surface area contributed by atoms with Gasteiger partial charge in [0.05, 0.1) is 24.1 Å². The molecule has 168 valence electrons. The number of hydrogen-bond acceptors (Lipinski definition) is 7. The van der Waals surface area contributed by atoms with Crippen molar-refractivity contribution in [2.24, 2.45) is 0 Å². The van der Waals surface area contributed by atoms with E-state index in [9.17, 15) is 22.8 Å². The molecule has 12 heteroatoms. The van der Waals surface area contributed by atoms with E-state index in [1.54, 1.807) is 29.2 Å². The molecule has 8 nitrogen and oxygen atoms in total. The Morgan fingerprint density at radius 1 is 1.25 bits per heavy atom. The van der Waals surface area contributed by atoms with Crippen molar-refractivity contribution in [1.82, 2.24) is 20.4 Å². The second-order valence-electron chi connectivity index (χ2n) is 6.92. The molecular formula is C20H17F3N4O4S. The first kappa shape index (κ1) is 22.0. The van der Waals surface area contributed by atoms with Gasteiger partial charge in [-0.1, -0.05) is 23.4 Å². The second kappa shape index (κ2) is 9.09. The lowest BCUT2D eigenvalue weighted by Gasteiger charge is -2.35. The van der Waals surface area contributed by atoms with E-state index in [0.29, 0.717) is 18.7 Å². The summed E-state index contributed by atoms with van der Waals surface area (Å²) in [7, 11) is 0. The summed E-state index contributed by atoms with van der Waals surface area (Å²) in [6.45, 7) is 1.24. The number of carbonyl (C=O) groups is 2. The molecule has 0 aliphatic carbocycles. The molecule has 1 aliphatic rings. The summed E-state index contributed by atoms with van der Waals surface area (Å²) in [5, 5.41) is 7.53. The van der Waals surface area contributed by atoms with E-state index in [0.717, 1.165) is 11.3 Å². The molecule has 1 unspecified atom stereocenters. The van der Waals surface area contributed by atoms with Crippen LogP contribution in [0.2, 0.25) is 0 Å². The number of alkyl halides is 3. The Kier molecular flexibility index (Phi) is 6.24. The molecule has 0 spiro atoms. The third kappa shape index (κ3) is 4.81. The molecule has 2 amide bonds. The minimum atomic E-state index is -4.74. The first-order chi connectivity index (χ1) is 15.3. The maximum atomic E-state index is 12.8. The highest BCUT2D eigenvalue weighted by Gasteiger charge is 2.38. The van der Waals surface area contributed by atoms with Gasteiger partial charge in [-0.05, 0) is 18.2 Å². The Balaban J connectivity index is 1.40. The molecular weight excluding hydrogens is 449 g/mol. The van der Waals surface area contributed by atoms with Crippen molar-refractivity contribution < 1.29 is 32.0 Å². The normalized spacial score (nSPS) is 16.7. The predicted octanol–water partition coefficient (Wildman–Crippen LogP) is 3.09. The summed E-state index contributed by atoms with van der Waals surface area (Å²) in [6.07, 6.45) is -4.74. The first-order valence-corrected chi connectivity index (χ1v) is 10.4. The SMILES string of the molecule is O=C(NCC1COCCN1C(=O)c1ccccc1)c1cc(-c2noc(C(F)(F)F)n2)cs1. The molecule has 1 aromatic carbocycles. The molecule has 1 aliphatic heterocycles. The van der Waals surface area contributed by atoms with Crippen LogP contribution in [-0.2, 0) is 10.9 Å². The molecule has 32 heavy (non-hydrogen) atoms. The highest BCUT2D eigenvalue weighted by molar-refractivity contribution is 7.12. The largest absolute Gasteiger partial charge is 0.471 e. The number of hydrogen-bond donors (Lipinski definition) is 1. The van der Waals surface area contributed by atoms with Crippen molar-refractivity contribution in [1.29, 1.82) is 0 Å². The van der Waals surface area contributed by atoms with Crippen LogP contribution in [0.25, 0.3) is 11.4 Å². The van der Waals surface area contributed by atoms with Crippen molar-refractivity contribution in [2.75, 3.05) is 26.3 Å².